The zero-order valence-electron chi connectivity index (χ0n) is 11.8. The Morgan fingerprint density at radius 3 is 2.76 bits per heavy atom. The Hall–Kier alpha value is -1.59. The van der Waals surface area contributed by atoms with E-state index in [2.05, 4.69) is 4.57 Å². The molecule has 0 spiro atoms. The third-order valence-corrected chi connectivity index (χ3v) is 6.40. The van der Waals surface area contributed by atoms with Gasteiger partial charge < -0.3 is 4.57 Å². The molecule has 4 nitrogen and oxygen atoms in total. The third kappa shape index (κ3) is 2.12. The molecule has 0 amide bonds. The van der Waals surface area contributed by atoms with E-state index in [1.54, 1.807) is 10.4 Å². The molecule has 1 aromatic heterocycles. The molecule has 1 aliphatic carbocycles. The van der Waals surface area contributed by atoms with Crippen LogP contribution in [-0.2, 0) is 36.0 Å². The molecule has 0 saturated heterocycles. The summed E-state index contributed by atoms with van der Waals surface area (Å²) in [4.78, 5) is 0.447. The van der Waals surface area contributed by atoms with Gasteiger partial charge in [0.25, 0.3) is 0 Å². The van der Waals surface area contributed by atoms with Gasteiger partial charge in [-0.15, -0.1) is 0 Å². The molecular weight excluding hydrogens is 284 g/mol. The SMILES string of the molecule is O=S(=O)(c1ccc2c(c1)CCC2)N1CCn2cccc2C1. The van der Waals surface area contributed by atoms with E-state index < -0.39 is 10.0 Å². The van der Waals surface area contributed by atoms with Crippen molar-refractivity contribution in [3.8, 4) is 0 Å². The van der Waals surface area contributed by atoms with Crippen LogP contribution in [0.1, 0.15) is 23.2 Å². The normalized spacial score (nSPS) is 18.5. The first kappa shape index (κ1) is 13.1. The van der Waals surface area contributed by atoms with Gasteiger partial charge >= 0.3 is 0 Å². The maximum atomic E-state index is 12.8. The van der Waals surface area contributed by atoms with Crippen molar-refractivity contribution in [2.75, 3.05) is 6.54 Å². The van der Waals surface area contributed by atoms with E-state index in [1.807, 2.05) is 30.5 Å². The second-order valence-electron chi connectivity index (χ2n) is 5.82. The lowest BCUT2D eigenvalue weighted by Crippen LogP contribution is -2.37. The Labute approximate surface area is 125 Å². The molecule has 2 aromatic rings. The topological polar surface area (TPSA) is 42.3 Å². The second kappa shape index (κ2) is 4.71. The second-order valence-corrected chi connectivity index (χ2v) is 7.75. The molecule has 0 atom stereocenters. The lowest BCUT2D eigenvalue weighted by Gasteiger charge is -2.28. The molecule has 0 N–H and O–H groups in total. The first-order valence-corrected chi connectivity index (χ1v) is 8.84. The van der Waals surface area contributed by atoms with Crippen molar-refractivity contribution in [1.82, 2.24) is 8.87 Å². The van der Waals surface area contributed by atoms with Crippen molar-refractivity contribution in [2.45, 2.75) is 37.2 Å². The van der Waals surface area contributed by atoms with E-state index in [1.165, 1.54) is 11.1 Å². The summed E-state index contributed by atoms with van der Waals surface area (Å²) in [6.45, 7) is 1.74. The zero-order valence-corrected chi connectivity index (χ0v) is 12.6. The van der Waals surface area contributed by atoms with E-state index in [9.17, 15) is 8.42 Å². The van der Waals surface area contributed by atoms with Crippen LogP contribution in [-0.4, -0.2) is 23.8 Å². The molecule has 0 radical (unpaired) electrons. The summed E-state index contributed by atoms with van der Waals surface area (Å²) in [5, 5.41) is 0. The Bertz CT molecular complexity index is 792. The van der Waals surface area contributed by atoms with Crippen LogP contribution in [0.4, 0.5) is 0 Å². The number of aryl methyl sites for hydroxylation is 2. The number of aromatic nitrogens is 1. The predicted molar refractivity (Wildman–Crippen MR) is 80.5 cm³/mol. The number of hydrogen-bond donors (Lipinski definition) is 0. The highest BCUT2D eigenvalue weighted by molar-refractivity contribution is 7.89. The zero-order chi connectivity index (χ0) is 14.4. The maximum absolute atomic E-state index is 12.8. The van der Waals surface area contributed by atoms with E-state index >= 15 is 0 Å². The fraction of sp³-hybridized carbons (Fsp3) is 0.375. The van der Waals surface area contributed by atoms with Crippen molar-refractivity contribution in [3.05, 3.63) is 53.3 Å². The molecule has 0 fully saturated rings. The molecule has 0 bridgehead atoms. The first-order valence-electron chi connectivity index (χ1n) is 7.40. The van der Waals surface area contributed by atoms with Gasteiger partial charge in [-0.25, -0.2) is 8.42 Å². The van der Waals surface area contributed by atoms with Gasteiger partial charge in [-0.3, -0.25) is 0 Å². The molecule has 2 aliphatic rings. The molecule has 5 heteroatoms. The van der Waals surface area contributed by atoms with Crippen molar-refractivity contribution in [3.63, 3.8) is 0 Å². The largest absolute Gasteiger partial charge is 0.349 e. The number of nitrogens with zero attached hydrogens (tertiary/aromatic N) is 2. The molecule has 110 valence electrons. The van der Waals surface area contributed by atoms with Crippen molar-refractivity contribution in [1.29, 1.82) is 0 Å². The molecule has 4 rings (SSSR count). The first-order chi connectivity index (χ1) is 10.1. The maximum Gasteiger partial charge on any atom is 0.243 e. The van der Waals surface area contributed by atoms with Gasteiger partial charge in [0.1, 0.15) is 0 Å². The van der Waals surface area contributed by atoms with Crippen LogP contribution < -0.4 is 0 Å². The van der Waals surface area contributed by atoms with Crippen molar-refractivity contribution < 1.29 is 8.42 Å². The summed E-state index contributed by atoms with van der Waals surface area (Å²) in [6.07, 6.45) is 5.22. The Kier molecular flexibility index (Phi) is 2.94. The van der Waals surface area contributed by atoms with E-state index in [-0.39, 0.29) is 0 Å². The van der Waals surface area contributed by atoms with E-state index in [0.29, 0.717) is 18.0 Å². The minimum absolute atomic E-state index is 0.447. The molecule has 0 saturated carbocycles. The summed E-state index contributed by atoms with van der Waals surface area (Å²) < 4.78 is 29.4. The molecule has 1 aromatic carbocycles. The predicted octanol–water partition coefficient (Wildman–Crippen LogP) is 2.18. The number of fused-ring (bicyclic) bond motifs is 2. The Balaban J connectivity index is 1.68. The van der Waals surface area contributed by atoms with Crippen LogP contribution in [0.5, 0.6) is 0 Å². The average molecular weight is 302 g/mol. The molecular formula is C16H18N2O2S. The van der Waals surface area contributed by atoms with Gasteiger partial charge in [-0.1, -0.05) is 6.07 Å². The van der Waals surface area contributed by atoms with Crippen LogP contribution in [0.2, 0.25) is 0 Å². The quantitative estimate of drug-likeness (QED) is 0.853. The number of hydrogen-bond acceptors (Lipinski definition) is 2. The summed E-state index contributed by atoms with van der Waals surface area (Å²) in [5.41, 5.74) is 3.57. The number of benzene rings is 1. The van der Waals surface area contributed by atoms with Crippen molar-refractivity contribution in [2.24, 2.45) is 0 Å². The Morgan fingerprint density at radius 1 is 1.00 bits per heavy atom. The Morgan fingerprint density at radius 2 is 1.86 bits per heavy atom. The van der Waals surface area contributed by atoms with Crippen LogP contribution in [0.25, 0.3) is 0 Å². The van der Waals surface area contributed by atoms with E-state index in [4.69, 9.17) is 0 Å². The molecule has 0 unspecified atom stereocenters. The van der Waals surface area contributed by atoms with Gasteiger partial charge in [-0.2, -0.15) is 4.31 Å². The molecule has 1 aliphatic heterocycles. The molecule has 2 heterocycles. The monoisotopic (exact) mass is 302 g/mol. The fourth-order valence-corrected chi connectivity index (χ4v) is 4.81. The fourth-order valence-electron chi connectivity index (χ4n) is 3.35. The average Bonchev–Trinajstić information content (AvgIpc) is 3.14. The highest BCUT2D eigenvalue weighted by Gasteiger charge is 2.29. The van der Waals surface area contributed by atoms with Crippen molar-refractivity contribution >= 4 is 10.0 Å². The summed E-state index contributed by atoms with van der Waals surface area (Å²) >= 11 is 0. The number of rotatable bonds is 2. The van der Waals surface area contributed by atoms with Crippen LogP contribution in [0.3, 0.4) is 0 Å². The summed E-state index contributed by atoms with van der Waals surface area (Å²) in [7, 11) is -3.38. The van der Waals surface area contributed by atoms with Crippen LogP contribution in [0, 0.1) is 0 Å². The van der Waals surface area contributed by atoms with Gasteiger partial charge in [0.15, 0.2) is 0 Å². The molecule has 21 heavy (non-hydrogen) atoms. The van der Waals surface area contributed by atoms with Crippen LogP contribution >= 0.6 is 0 Å². The highest BCUT2D eigenvalue weighted by atomic mass is 32.2. The smallest absolute Gasteiger partial charge is 0.243 e. The highest BCUT2D eigenvalue weighted by Crippen LogP contribution is 2.27. The van der Waals surface area contributed by atoms with Gasteiger partial charge in [-0.05, 0) is 54.7 Å². The summed E-state index contributed by atoms with van der Waals surface area (Å²) in [6, 6.07) is 9.60. The standard InChI is InChI=1S/C16H18N2O2S/c19-21(20,16-7-6-13-3-1-4-14(13)11-16)18-10-9-17-8-2-5-15(17)12-18/h2,5-8,11H,1,3-4,9-10,12H2. The third-order valence-electron chi connectivity index (χ3n) is 4.56. The lowest BCUT2D eigenvalue weighted by atomic mass is 10.1. The lowest BCUT2D eigenvalue weighted by molar-refractivity contribution is 0.341. The van der Waals surface area contributed by atoms with E-state index in [0.717, 1.165) is 31.5 Å². The summed E-state index contributed by atoms with van der Waals surface area (Å²) in [5.74, 6) is 0. The van der Waals surface area contributed by atoms with Gasteiger partial charge in [0.2, 0.25) is 10.0 Å². The van der Waals surface area contributed by atoms with Gasteiger partial charge in [0.05, 0.1) is 11.4 Å². The number of sulfonamides is 1. The van der Waals surface area contributed by atoms with Crippen LogP contribution in [0.15, 0.2) is 41.4 Å². The van der Waals surface area contributed by atoms with Gasteiger partial charge in [0, 0.05) is 25.0 Å². The minimum atomic E-state index is -3.38. The minimum Gasteiger partial charge on any atom is -0.349 e.